The molecule has 0 aliphatic heterocycles. The predicted octanol–water partition coefficient (Wildman–Crippen LogP) is 0.554. The average Bonchev–Trinajstić information content (AvgIpc) is 2.24. The Balaban J connectivity index is 2.28. The Morgan fingerprint density at radius 3 is 1.67 bits per heavy atom. The molecule has 2 rings (SSSR count). The van der Waals surface area contributed by atoms with Gasteiger partial charge in [-0.3, -0.25) is 9.59 Å². The Hall–Kier alpha value is -0.660. The molecular weight excluding hydrogens is 116 g/mol. The van der Waals surface area contributed by atoms with Gasteiger partial charge in [0.1, 0.15) is 11.6 Å². The summed E-state index contributed by atoms with van der Waals surface area (Å²) in [7, 11) is 0. The second-order valence-electron chi connectivity index (χ2n) is 2.97. The lowest BCUT2D eigenvalue weighted by molar-refractivity contribution is -0.129. The van der Waals surface area contributed by atoms with E-state index in [2.05, 4.69) is 0 Å². The summed E-state index contributed by atoms with van der Waals surface area (Å²) in [6.45, 7) is 0. The monoisotopic (exact) mass is 124 g/mol. The zero-order chi connectivity index (χ0) is 6.43. The molecule has 48 valence electrons. The lowest BCUT2D eigenvalue weighted by Gasteiger charge is -2.04. The fraction of sp³-hybridized carbons (Fsp3) is 0.714. The Morgan fingerprint density at radius 2 is 1.44 bits per heavy atom. The zero-order valence-corrected chi connectivity index (χ0v) is 5.09. The van der Waals surface area contributed by atoms with Gasteiger partial charge >= 0.3 is 0 Å². The quantitative estimate of drug-likeness (QED) is 0.472. The Labute approximate surface area is 53.2 Å². The van der Waals surface area contributed by atoms with Crippen molar-refractivity contribution in [2.45, 2.75) is 19.3 Å². The maximum atomic E-state index is 10.8. The molecule has 0 aromatic rings. The van der Waals surface area contributed by atoms with Gasteiger partial charge in [-0.05, 0) is 6.42 Å². The van der Waals surface area contributed by atoms with Crippen molar-refractivity contribution < 1.29 is 9.59 Å². The van der Waals surface area contributed by atoms with E-state index in [-0.39, 0.29) is 11.8 Å². The van der Waals surface area contributed by atoms with Crippen LogP contribution in [0.2, 0.25) is 0 Å². The van der Waals surface area contributed by atoms with Crippen LogP contribution in [0.25, 0.3) is 0 Å². The highest BCUT2D eigenvalue weighted by Crippen LogP contribution is 2.39. The van der Waals surface area contributed by atoms with Crippen LogP contribution in [0.4, 0.5) is 0 Å². The first kappa shape index (κ1) is 5.15. The van der Waals surface area contributed by atoms with Gasteiger partial charge in [0.25, 0.3) is 0 Å². The van der Waals surface area contributed by atoms with Crippen LogP contribution in [0.1, 0.15) is 19.3 Å². The molecular formula is C7H8O2. The maximum Gasteiger partial charge on any atom is 0.137 e. The van der Waals surface area contributed by atoms with Crippen LogP contribution in [0.3, 0.4) is 0 Å². The predicted molar refractivity (Wildman–Crippen MR) is 30.8 cm³/mol. The highest BCUT2D eigenvalue weighted by molar-refractivity contribution is 5.99. The summed E-state index contributed by atoms with van der Waals surface area (Å²) in [6, 6.07) is 0. The van der Waals surface area contributed by atoms with Gasteiger partial charge in [-0.15, -0.1) is 0 Å². The van der Waals surface area contributed by atoms with Crippen molar-refractivity contribution >= 4 is 11.6 Å². The number of fused-ring (bicyclic) bond motifs is 2. The largest absolute Gasteiger partial charge is 0.299 e. The molecule has 2 nitrogen and oxygen atoms in total. The van der Waals surface area contributed by atoms with Crippen LogP contribution in [0, 0.1) is 11.8 Å². The second kappa shape index (κ2) is 1.43. The molecule has 0 aromatic carbocycles. The SMILES string of the molecule is O=C1C[C@H]2C[C@@H]1CC2=O. The highest BCUT2D eigenvalue weighted by Gasteiger charge is 2.43. The minimum Gasteiger partial charge on any atom is -0.299 e. The first-order chi connectivity index (χ1) is 4.27. The summed E-state index contributed by atoms with van der Waals surface area (Å²) >= 11 is 0. The Bertz CT molecular complexity index is 163. The van der Waals surface area contributed by atoms with Crippen molar-refractivity contribution in [1.29, 1.82) is 0 Å². The second-order valence-corrected chi connectivity index (χ2v) is 2.97. The van der Waals surface area contributed by atoms with Crippen molar-refractivity contribution in [2.75, 3.05) is 0 Å². The first-order valence-electron chi connectivity index (χ1n) is 3.33. The smallest absolute Gasteiger partial charge is 0.137 e. The van der Waals surface area contributed by atoms with Crippen LogP contribution < -0.4 is 0 Å². The molecule has 2 aliphatic carbocycles. The van der Waals surface area contributed by atoms with Crippen molar-refractivity contribution in [2.24, 2.45) is 11.8 Å². The molecule has 0 radical (unpaired) electrons. The molecule has 2 atom stereocenters. The van der Waals surface area contributed by atoms with E-state index in [9.17, 15) is 9.59 Å². The molecule has 9 heavy (non-hydrogen) atoms. The van der Waals surface area contributed by atoms with E-state index < -0.39 is 0 Å². The lowest BCUT2D eigenvalue weighted by atomic mass is 9.98. The summed E-state index contributed by atoms with van der Waals surface area (Å²) in [4.78, 5) is 21.7. The van der Waals surface area contributed by atoms with Crippen LogP contribution in [0.15, 0.2) is 0 Å². The first-order valence-corrected chi connectivity index (χ1v) is 3.33. The van der Waals surface area contributed by atoms with E-state index in [1.807, 2.05) is 0 Å². The third kappa shape index (κ3) is 0.560. The summed E-state index contributed by atoms with van der Waals surface area (Å²) in [5.41, 5.74) is 0. The molecule has 2 bridgehead atoms. The van der Waals surface area contributed by atoms with Crippen molar-refractivity contribution in [1.82, 2.24) is 0 Å². The van der Waals surface area contributed by atoms with E-state index in [0.29, 0.717) is 24.4 Å². The maximum absolute atomic E-state index is 10.8. The molecule has 2 fully saturated rings. The van der Waals surface area contributed by atoms with Crippen LogP contribution in [-0.2, 0) is 9.59 Å². The fourth-order valence-electron chi connectivity index (χ4n) is 1.82. The normalized spacial score (nSPS) is 40.4. The highest BCUT2D eigenvalue weighted by atomic mass is 16.1. The van der Waals surface area contributed by atoms with Gasteiger partial charge in [-0.25, -0.2) is 0 Å². The molecule has 0 amide bonds. The van der Waals surface area contributed by atoms with E-state index in [0.717, 1.165) is 6.42 Å². The third-order valence-electron chi connectivity index (χ3n) is 2.37. The Morgan fingerprint density at radius 1 is 1.00 bits per heavy atom. The van der Waals surface area contributed by atoms with Crippen molar-refractivity contribution in [3.8, 4) is 0 Å². The molecule has 0 spiro atoms. The van der Waals surface area contributed by atoms with Gasteiger partial charge in [-0.1, -0.05) is 0 Å². The number of hydrogen-bond acceptors (Lipinski definition) is 2. The summed E-state index contributed by atoms with van der Waals surface area (Å²) < 4.78 is 0. The van der Waals surface area contributed by atoms with Crippen molar-refractivity contribution in [3.05, 3.63) is 0 Å². The Kier molecular flexibility index (Phi) is 0.821. The number of carbonyl (C=O) groups is 2. The van der Waals surface area contributed by atoms with E-state index in [1.165, 1.54) is 0 Å². The van der Waals surface area contributed by atoms with Crippen LogP contribution >= 0.6 is 0 Å². The van der Waals surface area contributed by atoms with E-state index in [1.54, 1.807) is 0 Å². The average molecular weight is 124 g/mol. The molecule has 2 aliphatic rings. The zero-order valence-electron chi connectivity index (χ0n) is 5.09. The minimum atomic E-state index is 0.127. The molecule has 0 aromatic heterocycles. The van der Waals surface area contributed by atoms with Crippen LogP contribution in [0.5, 0.6) is 0 Å². The lowest BCUT2D eigenvalue weighted by Crippen LogP contribution is -2.16. The van der Waals surface area contributed by atoms with E-state index in [4.69, 9.17) is 0 Å². The van der Waals surface area contributed by atoms with Gasteiger partial charge < -0.3 is 0 Å². The number of hydrogen-bond donors (Lipinski definition) is 0. The minimum absolute atomic E-state index is 0.127. The summed E-state index contributed by atoms with van der Waals surface area (Å²) in [6.07, 6.45) is 1.95. The van der Waals surface area contributed by atoms with Crippen LogP contribution in [-0.4, -0.2) is 11.6 Å². The fourth-order valence-corrected chi connectivity index (χ4v) is 1.82. The molecule has 2 heteroatoms. The summed E-state index contributed by atoms with van der Waals surface area (Å²) in [5.74, 6) is 0.893. The molecule has 0 N–H and O–H groups in total. The molecule has 2 saturated carbocycles. The van der Waals surface area contributed by atoms with Gasteiger partial charge in [0.05, 0.1) is 0 Å². The number of Topliss-reactive ketones (excluding diaryl/α,β-unsaturated/α-hetero) is 2. The number of carbonyl (C=O) groups excluding carboxylic acids is 2. The van der Waals surface area contributed by atoms with Gasteiger partial charge in [-0.2, -0.15) is 0 Å². The topological polar surface area (TPSA) is 34.1 Å². The number of rotatable bonds is 0. The molecule has 0 unspecified atom stereocenters. The molecule has 0 heterocycles. The standard InChI is InChI=1S/C7H8O2/c8-6-2-4-1-5(6)3-7(4)9/h4-5H,1-3H2/t4-,5-/m1/s1. The molecule has 0 saturated heterocycles. The van der Waals surface area contributed by atoms with Gasteiger partial charge in [0.15, 0.2) is 0 Å². The van der Waals surface area contributed by atoms with Gasteiger partial charge in [0, 0.05) is 24.7 Å². The van der Waals surface area contributed by atoms with E-state index >= 15 is 0 Å². The third-order valence-corrected chi connectivity index (χ3v) is 2.37. The number of ketones is 2. The van der Waals surface area contributed by atoms with Crippen molar-refractivity contribution in [3.63, 3.8) is 0 Å². The van der Waals surface area contributed by atoms with Gasteiger partial charge in [0.2, 0.25) is 0 Å². The summed E-state index contributed by atoms with van der Waals surface area (Å²) in [5, 5.41) is 0.